The Morgan fingerprint density at radius 3 is 2.41 bits per heavy atom. The van der Waals surface area contributed by atoms with Gasteiger partial charge in [-0.05, 0) is 26.2 Å². The maximum atomic E-state index is 12.9. The highest BCUT2D eigenvalue weighted by Crippen LogP contribution is 2.10. The Balaban J connectivity index is 3.79. The van der Waals surface area contributed by atoms with Crippen LogP contribution >= 0.6 is 0 Å². The van der Waals surface area contributed by atoms with E-state index in [-0.39, 0.29) is 12.5 Å². The molecule has 0 saturated heterocycles. The first-order valence-electron chi connectivity index (χ1n) is 6.14. The molecule has 0 radical (unpaired) electrons. The fourth-order valence-corrected chi connectivity index (χ4v) is 1.54. The molecule has 1 atom stereocenters. The molecule has 1 N–H and O–H groups in total. The third kappa shape index (κ3) is 7.71. The average molecular weight is 247 g/mol. The number of carbonyl (C=O) groups excluding carboxylic acids is 1. The SMILES string of the molecule is CCC(F)CCCCC(=O)N(CC)CC(=O)O. The van der Waals surface area contributed by atoms with Gasteiger partial charge in [0.2, 0.25) is 5.91 Å². The second-order valence-corrected chi connectivity index (χ2v) is 4.05. The van der Waals surface area contributed by atoms with Gasteiger partial charge in [0.25, 0.3) is 0 Å². The molecular formula is C12H22FNO3. The summed E-state index contributed by atoms with van der Waals surface area (Å²) in [4.78, 5) is 23.4. The fraction of sp³-hybridized carbons (Fsp3) is 0.833. The van der Waals surface area contributed by atoms with Gasteiger partial charge in [0.1, 0.15) is 6.54 Å². The van der Waals surface area contributed by atoms with E-state index in [1.807, 2.05) is 0 Å². The number of halogens is 1. The number of unbranched alkanes of at least 4 members (excludes halogenated alkanes) is 1. The Labute approximate surface area is 102 Å². The molecule has 0 rings (SSSR count). The molecule has 0 saturated carbocycles. The third-order valence-electron chi connectivity index (χ3n) is 2.66. The Morgan fingerprint density at radius 2 is 1.94 bits per heavy atom. The van der Waals surface area contributed by atoms with E-state index in [0.29, 0.717) is 38.6 Å². The van der Waals surface area contributed by atoms with E-state index in [4.69, 9.17) is 5.11 Å². The maximum absolute atomic E-state index is 12.9. The van der Waals surface area contributed by atoms with Gasteiger partial charge in [-0.25, -0.2) is 4.39 Å². The van der Waals surface area contributed by atoms with Gasteiger partial charge in [0.15, 0.2) is 0 Å². The number of rotatable bonds is 9. The van der Waals surface area contributed by atoms with Crippen molar-refractivity contribution in [1.82, 2.24) is 4.90 Å². The molecule has 0 aromatic heterocycles. The van der Waals surface area contributed by atoms with E-state index in [1.54, 1.807) is 13.8 Å². The molecule has 0 bridgehead atoms. The average Bonchev–Trinajstić information content (AvgIpc) is 2.30. The van der Waals surface area contributed by atoms with Crippen LogP contribution in [0.2, 0.25) is 0 Å². The second-order valence-electron chi connectivity index (χ2n) is 4.05. The molecule has 0 aliphatic carbocycles. The van der Waals surface area contributed by atoms with Crippen LogP contribution in [-0.4, -0.2) is 41.1 Å². The number of nitrogens with zero attached hydrogens (tertiary/aromatic N) is 1. The lowest BCUT2D eigenvalue weighted by atomic mass is 10.1. The molecule has 1 amide bonds. The van der Waals surface area contributed by atoms with Crippen LogP contribution in [0.3, 0.4) is 0 Å². The molecule has 0 heterocycles. The monoisotopic (exact) mass is 247 g/mol. The zero-order chi connectivity index (χ0) is 13.3. The Kier molecular flexibility index (Phi) is 8.36. The first-order valence-corrected chi connectivity index (χ1v) is 6.14. The van der Waals surface area contributed by atoms with Crippen molar-refractivity contribution in [1.29, 1.82) is 0 Å². The first-order chi connectivity index (χ1) is 8.01. The molecule has 0 aliphatic heterocycles. The van der Waals surface area contributed by atoms with Gasteiger partial charge >= 0.3 is 5.97 Å². The lowest BCUT2D eigenvalue weighted by Crippen LogP contribution is -2.35. The minimum atomic E-state index is -1.00. The van der Waals surface area contributed by atoms with Crippen LogP contribution < -0.4 is 0 Å². The first kappa shape index (κ1) is 15.9. The van der Waals surface area contributed by atoms with E-state index < -0.39 is 12.1 Å². The number of carboxylic acid groups (broad SMARTS) is 1. The summed E-state index contributed by atoms with van der Waals surface area (Å²) in [5.41, 5.74) is 0. The quantitative estimate of drug-likeness (QED) is 0.636. The molecule has 0 aliphatic rings. The van der Waals surface area contributed by atoms with Crippen molar-refractivity contribution in [3.63, 3.8) is 0 Å². The number of hydrogen-bond donors (Lipinski definition) is 1. The number of carbonyl (C=O) groups is 2. The third-order valence-corrected chi connectivity index (χ3v) is 2.66. The molecule has 4 nitrogen and oxygen atoms in total. The van der Waals surface area contributed by atoms with Gasteiger partial charge in [0, 0.05) is 13.0 Å². The molecule has 0 spiro atoms. The normalized spacial score (nSPS) is 12.2. The van der Waals surface area contributed by atoms with Crippen molar-refractivity contribution >= 4 is 11.9 Å². The molecule has 0 aromatic rings. The summed E-state index contributed by atoms with van der Waals surface area (Å²) in [6, 6.07) is 0. The van der Waals surface area contributed by atoms with Crippen LogP contribution in [0.15, 0.2) is 0 Å². The van der Waals surface area contributed by atoms with Gasteiger partial charge < -0.3 is 10.0 Å². The molecular weight excluding hydrogens is 225 g/mol. The summed E-state index contributed by atoms with van der Waals surface area (Å²) in [7, 11) is 0. The minimum Gasteiger partial charge on any atom is -0.480 e. The van der Waals surface area contributed by atoms with E-state index in [2.05, 4.69) is 0 Å². The van der Waals surface area contributed by atoms with Crippen molar-refractivity contribution in [3.05, 3.63) is 0 Å². The predicted octanol–water partition coefficient (Wildman–Crippen LogP) is 2.23. The van der Waals surface area contributed by atoms with E-state index in [9.17, 15) is 14.0 Å². The highest BCUT2D eigenvalue weighted by atomic mass is 19.1. The summed E-state index contributed by atoms with van der Waals surface area (Å²) in [6.07, 6.45) is 1.80. The summed E-state index contributed by atoms with van der Waals surface area (Å²) >= 11 is 0. The van der Waals surface area contributed by atoms with E-state index in [0.717, 1.165) is 0 Å². The molecule has 1 unspecified atom stereocenters. The van der Waals surface area contributed by atoms with E-state index in [1.165, 1.54) is 4.90 Å². The highest BCUT2D eigenvalue weighted by molar-refractivity contribution is 5.81. The largest absolute Gasteiger partial charge is 0.480 e. The topological polar surface area (TPSA) is 57.6 Å². The predicted molar refractivity (Wildman–Crippen MR) is 63.5 cm³/mol. The number of likely N-dealkylation sites (N-methyl/N-ethyl adjacent to an activating group) is 1. The summed E-state index contributed by atoms with van der Waals surface area (Å²) < 4.78 is 12.9. The smallest absolute Gasteiger partial charge is 0.323 e. The fourth-order valence-electron chi connectivity index (χ4n) is 1.54. The zero-order valence-corrected chi connectivity index (χ0v) is 10.6. The van der Waals surface area contributed by atoms with Crippen molar-refractivity contribution in [3.8, 4) is 0 Å². The molecule has 0 aromatic carbocycles. The number of hydrogen-bond acceptors (Lipinski definition) is 2. The van der Waals surface area contributed by atoms with Gasteiger partial charge in [0.05, 0.1) is 6.17 Å². The van der Waals surface area contributed by atoms with Crippen molar-refractivity contribution < 1.29 is 19.1 Å². The van der Waals surface area contributed by atoms with Crippen LogP contribution in [0, 0.1) is 0 Å². The van der Waals surface area contributed by atoms with Crippen LogP contribution in [0.4, 0.5) is 4.39 Å². The van der Waals surface area contributed by atoms with Crippen molar-refractivity contribution in [2.75, 3.05) is 13.1 Å². The summed E-state index contributed by atoms with van der Waals surface area (Å²) in [6.45, 7) is 3.68. The Morgan fingerprint density at radius 1 is 1.29 bits per heavy atom. The van der Waals surface area contributed by atoms with Crippen molar-refractivity contribution in [2.45, 2.75) is 52.1 Å². The van der Waals surface area contributed by atoms with Crippen LogP contribution in [0.5, 0.6) is 0 Å². The van der Waals surface area contributed by atoms with Crippen LogP contribution in [0.1, 0.15) is 46.0 Å². The van der Waals surface area contributed by atoms with Crippen molar-refractivity contribution in [2.24, 2.45) is 0 Å². The minimum absolute atomic E-state index is 0.165. The molecule has 5 heteroatoms. The standard InChI is InChI=1S/C12H22FNO3/c1-3-10(13)7-5-6-8-11(15)14(4-2)9-12(16)17/h10H,3-9H2,1-2H3,(H,16,17). The highest BCUT2D eigenvalue weighted by Gasteiger charge is 2.14. The van der Waals surface area contributed by atoms with E-state index >= 15 is 0 Å². The molecule has 17 heavy (non-hydrogen) atoms. The Hall–Kier alpha value is -1.13. The summed E-state index contributed by atoms with van der Waals surface area (Å²) in [5, 5.41) is 8.60. The number of aliphatic carboxylic acids is 1. The lowest BCUT2D eigenvalue weighted by Gasteiger charge is -2.18. The molecule has 0 fully saturated rings. The van der Waals surface area contributed by atoms with Crippen LogP contribution in [0.25, 0.3) is 0 Å². The lowest BCUT2D eigenvalue weighted by molar-refractivity contribution is -0.144. The number of alkyl halides is 1. The number of carboxylic acids is 1. The second kappa shape index (κ2) is 8.96. The summed E-state index contributed by atoms with van der Waals surface area (Å²) in [5.74, 6) is -1.17. The van der Waals surface area contributed by atoms with Gasteiger partial charge in [-0.2, -0.15) is 0 Å². The van der Waals surface area contributed by atoms with Gasteiger partial charge in [-0.1, -0.05) is 13.3 Å². The maximum Gasteiger partial charge on any atom is 0.323 e. The van der Waals surface area contributed by atoms with Gasteiger partial charge in [-0.3, -0.25) is 9.59 Å². The zero-order valence-electron chi connectivity index (χ0n) is 10.6. The van der Waals surface area contributed by atoms with Crippen LogP contribution in [-0.2, 0) is 9.59 Å². The number of amides is 1. The molecule has 100 valence electrons. The van der Waals surface area contributed by atoms with Gasteiger partial charge in [-0.15, -0.1) is 0 Å². The Bertz CT molecular complexity index is 246.